The molecule has 0 spiro atoms. The Morgan fingerprint density at radius 3 is 2.95 bits per heavy atom. The average molecular weight is 293 g/mol. The predicted octanol–water partition coefficient (Wildman–Crippen LogP) is 2.86. The van der Waals surface area contributed by atoms with Crippen molar-refractivity contribution in [3.05, 3.63) is 28.5 Å². The van der Waals surface area contributed by atoms with Crippen LogP contribution in [0, 0.1) is 5.41 Å². The van der Waals surface area contributed by atoms with Crippen molar-refractivity contribution in [1.29, 1.82) is 0 Å². The Bertz CT molecular complexity index is 509. The molecule has 0 radical (unpaired) electrons. The zero-order chi connectivity index (χ0) is 14.6. The molecular weight excluding hydrogens is 274 g/mol. The van der Waals surface area contributed by atoms with Crippen LogP contribution >= 0.6 is 11.3 Å². The van der Waals surface area contributed by atoms with Gasteiger partial charge in [-0.3, -0.25) is 9.59 Å². The Morgan fingerprint density at radius 1 is 1.55 bits per heavy atom. The van der Waals surface area contributed by atoms with Crippen LogP contribution in [0.4, 0.5) is 0 Å². The van der Waals surface area contributed by atoms with Crippen LogP contribution in [0.3, 0.4) is 0 Å². The van der Waals surface area contributed by atoms with Crippen molar-refractivity contribution in [1.82, 2.24) is 4.90 Å². The standard InChI is InChI=1S/C15H19NO3S/c1-2-15(14(18)19)8-4-9-16(11-15)13(17)7-6-12-5-3-10-20-12/h3,5-7,10H,2,4,8-9,11H2,1H3,(H,18,19). The molecule has 1 unspecified atom stereocenters. The molecule has 20 heavy (non-hydrogen) atoms. The number of carboxylic acids is 1. The quantitative estimate of drug-likeness (QED) is 0.868. The van der Waals surface area contributed by atoms with Crippen molar-refractivity contribution < 1.29 is 14.7 Å². The maximum atomic E-state index is 12.2. The lowest BCUT2D eigenvalue weighted by atomic mass is 9.77. The van der Waals surface area contributed by atoms with Crippen molar-refractivity contribution in [2.24, 2.45) is 5.41 Å². The first-order valence-electron chi connectivity index (χ1n) is 6.81. The summed E-state index contributed by atoms with van der Waals surface area (Å²) in [6, 6.07) is 3.88. The van der Waals surface area contributed by atoms with Crippen LogP contribution in [0.25, 0.3) is 6.08 Å². The summed E-state index contributed by atoms with van der Waals surface area (Å²) in [4.78, 5) is 26.3. The summed E-state index contributed by atoms with van der Waals surface area (Å²) in [7, 11) is 0. The van der Waals surface area contributed by atoms with Crippen LogP contribution in [0.15, 0.2) is 23.6 Å². The van der Waals surface area contributed by atoms with Crippen molar-refractivity contribution in [2.75, 3.05) is 13.1 Å². The minimum Gasteiger partial charge on any atom is -0.481 e. The van der Waals surface area contributed by atoms with Gasteiger partial charge in [-0.25, -0.2) is 0 Å². The number of piperidine rings is 1. The van der Waals surface area contributed by atoms with E-state index in [0.29, 0.717) is 25.9 Å². The Balaban J connectivity index is 2.05. The maximum Gasteiger partial charge on any atom is 0.311 e. The summed E-state index contributed by atoms with van der Waals surface area (Å²) in [5.41, 5.74) is -0.773. The Hall–Kier alpha value is -1.62. The zero-order valence-electron chi connectivity index (χ0n) is 11.5. The molecule has 0 aliphatic carbocycles. The van der Waals surface area contributed by atoms with E-state index < -0.39 is 11.4 Å². The number of amides is 1. The van der Waals surface area contributed by atoms with Gasteiger partial charge in [0.2, 0.25) is 5.91 Å². The number of likely N-dealkylation sites (tertiary alicyclic amines) is 1. The van der Waals surface area contributed by atoms with Crippen LogP contribution in [0.2, 0.25) is 0 Å². The Kier molecular flexibility index (Phi) is 4.60. The largest absolute Gasteiger partial charge is 0.481 e. The van der Waals surface area contributed by atoms with Crippen LogP contribution in [-0.2, 0) is 9.59 Å². The lowest BCUT2D eigenvalue weighted by Crippen LogP contribution is -2.49. The van der Waals surface area contributed by atoms with E-state index >= 15 is 0 Å². The smallest absolute Gasteiger partial charge is 0.311 e. The van der Waals surface area contributed by atoms with Crippen LogP contribution in [-0.4, -0.2) is 35.0 Å². The maximum absolute atomic E-state index is 12.2. The summed E-state index contributed by atoms with van der Waals surface area (Å²) in [5, 5.41) is 11.4. The molecule has 1 fully saturated rings. The van der Waals surface area contributed by atoms with E-state index in [1.165, 1.54) is 0 Å². The SMILES string of the molecule is CCC1(C(=O)O)CCCN(C(=O)C=Cc2cccs2)C1. The summed E-state index contributed by atoms with van der Waals surface area (Å²) in [5.74, 6) is -0.892. The first-order chi connectivity index (χ1) is 9.57. The van der Waals surface area contributed by atoms with Gasteiger partial charge in [0.05, 0.1) is 5.41 Å². The number of carbonyl (C=O) groups excluding carboxylic acids is 1. The predicted molar refractivity (Wildman–Crippen MR) is 79.5 cm³/mol. The highest BCUT2D eigenvalue weighted by Crippen LogP contribution is 2.33. The summed E-state index contributed by atoms with van der Waals surface area (Å²) in [6.45, 7) is 2.83. The molecule has 2 rings (SSSR count). The minimum absolute atomic E-state index is 0.0998. The second kappa shape index (κ2) is 6.22. The highest BCUT2D eigenvalue weighted by Gasteiger charge is 2.41. The Morgan fingerprint density at radius 2 is 2.35 bits per heavy atom. The molecule has 0 saturated carbocycles. The lowest BCUT2D eigenvalue weighted by molar-refractivity contribution is -0.154. The molecule has 1 aromatic heterocycles. The highest BCUT2D eigenvalue weighted by atomic mass is 32.1. The van der Waals surface area contributed by atoms with Crippen LogP contribution in [0.5, 0.6) is 0 Å². The number of thiophene rings is 1. The van der Waals surface area contributed by atoms with Gasteiger partial charge in [0.1, 0.15) is 0 Å². The number of nitrogens with zero attached hydrogens (tertiary/aromatic N) is 1. The normalized spacial score (nSPS) is 23.1. The van der Waals surface area contributed by atoms with Gasteiger partial charge >= 0.3 is 5.97 Å². The van der Waals surface area contributed by atoms with Gasteiger partial charge in [0.15, 0.2) is 0 Å². The highest BCUT2D eigenvalue weighted by molar-refractivity contribution is 7.10. The third-order valence-electron chi connectivity index (χ3n) is 3.95. The van der Waals surface area contributed by atoms with Crippen LogP contribution < -0.4 is 0 Å². The molecule has 108 valence electrons. The lowest BCUT2D eigenvalue weighted by Gasteiger charge is -2.39. The van der Waals surface area contributed by atoms with Gasteiger partial charge in [-0.2, -0.15) is 0 Å². The van der Waals surface area contributed by atoms with E-state index in [4.69, 9.17) is 0 Å². The molecule has 1 aromatic rings. The fourth-order valence-corrected chi connectivity index (χ4v) is 3.20. The van der Waals surface area contributed by atoms with E-state index in [0.717, 1.165) is 11.3 Å². The van der Waals surface area contributed by atoms with E-state index in [9.17, 15) is 14.7 Å². The third-order valence-corrected chi connectivity index (χ3v) is 4.79. The number of hydrogen-bond acceptors (Lipinski definition) is 3. The van der Waals surface area contributed by atoms with Crippen molar-refractivity contribution in [3.63, 3.8) is 0 Å². The first-order valence-corrected chi connectivity index (χ1v) is 7.69. The molecule has 1 atom stereocenters. The van der Waals surface area contributed by atoms with Crippen LogP contribution in [0.1, 0.15) is 31.1 Å². The van der Waals surface area contributed by atoms with Crippen molar-refractivity contribution in [3.8, 4) is 0 Å². The van der Waals surface area contributed by atoms with Gasteiger partial charge in [-0.15, -0.1) is 11.3 Å². The Labute approximate surface area is 122 Å². The summed E-state index contributed by atoms with van der Waals surface area (Å²) in [6.07, 6.45) is 5.28. The monoisotopic (exact) mass is 293 g/mol. The summed E-state index contributed by atoms with van der Waals surface area (Å²) < 4.78 is 0. The molecule has 4 nitrogen and oxygen atoms in total. The average Bonchev–Trinajstić information content (AvgIpc) is 2.97. The molecule has 5 heteroatoms. The van der Waals surface area contributed by atoms with E-state index in [1.807, 2.05) is 24.4 Å². The number of carboxylic acid groups (broad SMARTS) is 1. The van der Waals surface area contributed by atoms with Crippen molar-refractivity contribution >= 4 is 29.3 Å². The van der Waals surface area contributed by atoms with Gasteiger partial charge in [0, 0.05) is 24.0 Å². The van der Waals surface area contributed by atoms with Crippen molar-refractivity contribution in [2.45, 2.75) is 26.2 Å². The molecule has 1 amide bonds. The topological polar surface area (TPSA) is 57.6 Å². The molecule has 1 N–H and O–H groups in total. The minimum atomic E-state index is -0.792. The van der Waals surface area contributed by atoms with Gasteiger partial charge in [0.25, 0.3) is 0 Å². The molecule has 1 aliphatic rings. The zero-order valence-corrected chi connectivity index (χ0v) is 12.4. The number of hydrogen-bond donors (Lipinski definition) is 1. The van der Waals surface area contributed by atoms with Gasteiger partial charge < -0.3 is 10.0 Å². The third kappa shape index (κ3) is 3.10. The van der Waals surface area contributed by atoms with Gasteiger partial charge in [-0.05, 0) is 36.8 Å². The van der Waals surface area contributed by atoms with E-state index in [-0.39, 0.29) is 5.91 Å². The number of aliphatic carboxylic acids is 1. The second-order valence-electron chi connectivity index (χ2n) is 5.15. The van der Waals surface area contributed by atoms with E-state index in [2.05, 4.69) is 0 Å². The molecular formula is C15H19NO3S. The molecule has 0 bridgehead atoms. The second-order valence-corrected chi connectivity index (χ2v) is 6.13. The fraction of sp³-hybridized carbons (Fsp3) is 0.467. The molecule has 1 aliphatic heterocycles. The first kappa shape index (κ1) is 14.8. The molecule has 2 heterocycles. The van der Waals surface area contributed by atoms with E-state index in [1.54, 1.807) is 28.4 Å². The molecule has 1 saturated heterocycles. The van der Waals surface area contributed by atoms with Gasteiger partial charge in [-0.1, -0.05) is 13.0 Å². The fourth-order valence-electron chi connectivity index (χ4n) is 2.58. The number of carbonyl (C=O) groups is 2. The number of rotatable bonds is 4. The molecule has 0 aromatic carbocycles. The summed E-state index contributed by atoms with van der Waals surface area (Å²) >= 11 is 1.57.